The Bertz CT molecular complexity index is 819. The molecule has 3 aromatic rings. The highest BCUT2D eigenvalue weighted by molar-refractivity contribution is 7.14. The molecule has 0 saturated carbocycles. The van der Waals surface area contributed by atoms with E-state index in [-0.39, 0.29) is 16.5 Å². The first-order chi connectivity index (χ1) is 11.1. The van der Waals surface area contributed by atoms with Gasteiger partial charge in [-0.3, -0.25) is 20.1 Å². The van der Waals surface area contributed by atoms with Gasteiger partial charge in [0.1, 0.15) is 17.2 Å². The smallest absolute Gasteiger partial charge is 0.276 e. The first kappa shape index (κ1) is 15.0. The molecule has 8 heteroatoms. The van der Waals surface area contributed by atoms with Crippen LogP contribution in [0.3, 0.4) is 0 Å². The highest BCUT2D eigenvalue weighted by Gasteiger charge is 2.13. The van der Waals surface area contributed by atoms with E-state index in [0.29, 0.717) is 11.5 Å². The summed E-state index contributed by atoms with van der Waals surface area (Å²) in [6.45, 7) is 1.53. The van der Waals surface area contributed by atoms with Crippen LogP contribution < -0.4 is 10.1 Å². The summed E-state index contributed by atoms with van der Waals surface area (Å²) < 4.78 is 18.8. The van der Waals surface area contributed by atoms with E-state index < -0.39 is 11.0 Å². The summed E-state index contributed by atoms with van der Waals surface area (Å²) in [6.07, 6.45) is 4.64. The van der Waals surface area contributed by atoms with Gasteiger partial charge in [-0.2, -0.15) is 4.39 Å². The van der Waals surface area contributed by atoms with Crippen molar-refractivity contribution in [1.29, 1.82) is 0 Å². The number of pyridine rings is 2. The number of carbonyl (C=O) groups is 1. The van der Waals surface area contributed by atoms with Crippen LogP contribution in [-0.2, 0) is 0 Å². The van der Waals surface area contributed by atoms with Gasteiger partial charge >= 0.3 is 0 Å². The zero-order chi connectivity index (χ0) is 16.2. The van der Waals surface area contributed by atoms with Crippen molar-refractivity contribution in [3.05, 3.63) is 59.4 Å². The fraction of sp³-hybridized carbons (Fsp3) is 0.0667. The van der Waals surface area contributed by atoms with E-state index in [1.807, 2.05) is 0 Å². The Balaban J connectivity index is 1.75. The van der Waals surface area contributed by atoms with E-state index in [2.05, 4.69) is 20.3 Å². The fourth-order valence-electron chi connectivity index (χ4n) is 1.73. The molecule has 1 N–H and O–H groups in total. The van der Waals surface area contributed by atoms with Crippen LogP contribution in [0.1, 0.15) is 16.2 Å². The van der Waals surface area contributed by atoms with E-state index in [9.17, 15) is 9.18 Å². The molecule has 116 valence electrons. The number of halogens is 1. The van der Waals surface area contributed by atoms with Crippen LogP contribution in [0.4, 0.5) is 9.52 Å². The first-order valence-electron chi connectivity index (χ1n) is 6.60. The Labute approximate surface area is 135 Å². The van der Waals surface area contributed by atoms with E-state index in [1.165, 1.54) is 19.2 Å². The standard InChI is InChI=1S/C15H11FN4O2S/c1-9-13(16)23-15(19-9)20-14(21)12-7-10(4-6-18-12)22-11-3-2-5-17-8-11/h2-8H,1H3,(H,19,20,21). The van der Waals surface area contributed by atoms with E-state index in [4.69, 9.17) is 4.74 Å². The summed E-state index contributed by atoms with van der Waals surface area (Å²) >= 11 is 0.767. The van der Waals surface area contributed by atoms with Crippen LogP contribution in [0, 0.1) is 12.1 Å². The van der Waals surface area contributed by atoms with Crippen molar-refractivity contribution in [3.63, 3.8) is 0 Å². The van der Waals surface area contributed by atoms with Crippen LogP contribution in [0.2, 0.25) is 0 Å². The Morgan fingerprint density at radius 2 is 2.17 bits per heavy atom. The van der Waals surface area contributed by atoms with Gasteiger partial charge in [-0.15, -0.1) is 0 Å². The summed E-state index contributed by atoms with van der Waals surface area (Å²) in [4.78, 5) is 24.0. The predicted octanol–water partition coefficient (Wildman–Crippen LogP) is 3.43. The summed E-state index contributed by atoms with van der Waals surface area (Å²) in [5, 5.41) is 2.27. The zero-order valence-electron chi connectivity index (χ0n) is 12.0. The van der Waals surface area contributed by atoms with Gasteiger partial charge in [0, 0.05) is 18.5 Å². The molecule has 0 aliphatic carbocycles. The minimum Gasteiger partial charge on any atom is -0.456 e. The molecule has 6 nitrogen and oxygen atoms in total. The van der Waals surface area contributed by atoms with Crippen molar-refractivity contribution >= 4 is 22.4 Å². The number of thiazole rings is 1. The highest BCUT2D eigenvalue weighted by atomic mass is 32.1. The maximum atomic E-state index is 13.3. The van der Waals surface area contributed by atoms with Crippen molar-refractivity contribution in [2.45, 2.75) is 6.92 Å². The van der Waals surface area contributed by atoms with Crippen molar-refractivity contribution in [2.24, 2.45) is 0 Å². The van der Waals surface area contributed by atoms with Gasteiger partial charge in [-0.25, -0.2) is 4.98 Å². The van der Waals surface area contributed by atoms with E-state index in [0.717, 1.165) is 11.3 Å². The van der Waals surface area contributed by atoms with Gasteiger partial charge in [-0.1, -0.05) is 11.3 Å². The Kier molecular flexibility index (Phi) is 4.24. The summed E-state index contributed by atoms with van der Waals surface area (Å²) in [5.41, 5.74) is 0.381. The number of amides is 1. The highest BCUT2D eigenvalue weighted by Crippen LogP contribution is 2.22. The number of nitrogens with one attached hydrogen (secondary N) is 1. The minimum atomic E-state index is -0.490. The molecule has 23 heavy (non-hydrogen) atoms. The zero-order valence-corrected chi connectivity index (χ0v) is 12.8. The molecule has 0 spiro atoms. The van der Waals surface area contributed by atoms with E-state index in [1.54, 1.807) is 30.6 Å². The van der Waals surface area contributed by atoms with Gasteiger partial charge in [0.2, 0.25) is 5.13 Å². The first-order valence-corrected chi connectivity index (χ1v) is 7.41. The van der Waals surface area contributed by atoms with E-state index >= 15 is 0 Å². The number of carbonyl (C=O) groups excluding carboxylic acids is 1. The van der Waals surface area contributed by atoms with Gasteiger partial charge < -0.3 is 4.74 Å². The quantitative estimate of drug-likeness (QED) is 0.793. The lowest BCUT2D eigenvalue weighted by molar-refractivity contribution is 0.102. The monoisotopic (exact) mass is 330 g/mol. The Morgan fingerprint density at radius 1 is 1.30 bits per heavy atom. The minimum absolute atomic E-state index is 0.139. The van der Waals surface area contributed by atoms with Crippen LogP contribution in [-0.4, -0.2) is 20.9 Å². The average molecular weight is 330 g/mol. The maximum absolute atomic E-state index is 13.3. The van der Waals surface area contributed by atoms with Gasteiger partial charge in [0.05, 0.1) is 11.9 Å². The van der Waals surface area contributed by atoms with Gasteiger partial charge in [-0.05, 0) is 25.1 Å². The Morgan fingerprint density at radius 3 is 2.87 bits per heavy atom. The van der Waals surface area contributed by atoms with Crippen LogP contribution in [0.15, 0.2) is 42.9 Å². The molecule has 0 radical (unpaired) electrons. The topological polar surface area (TPSA) is 77.0 Å². The molecule has 0 aliphatic heterocycles. The Hall–Kier alpha value is -2.87. The van der Waals surface area contributed by atoms with Crippen LogP contribution in [0.5, 0.6) is 11.5 Å². The molecule has 0 aromatic carbocycles. The lowest BCUT2D eigenvalue weighted by Crippen LogP contribution is -2.13. The number of nitrogens with zero attached hydrogens (tertiary/aromatic N) is 3. The van der Waals surface area contributed by atoms with Crippen molar-refractivity contribution < 1.29 is 13.9 Å². The molecule has 3 aromatic heterocycles. The maximum Gasteiger partial charge on any atom is 0.276 e. The normalized spacial score (nSPS) is 10.3. The number of aromatic nitrogens is 3. The summed E-state index contributed by atoms with van der Waals surface area (Å²) in [7, 11) is 0. The predicted molar refractivity (Wildman–Crippen MR) is 83.3 cm³/mol. The summed E-state index contributed by atoms with van der Waals surface area (Å²) in [6, 6.07) is 6.59. The molecule has 3 rings (SSSR count). The van der Waals surface area contributed by atoms with Crippen molar-refractivity contribution in [3.8, 4) is 11.5 Å². The SMILES string of the molecule is Cc1nc(NC(=O)c2cc(Oc3cccnc3)ccn2)sc1F. The van der Waals surface area contributed by atoms with Crippen molar-refractivity contribution in [1.82, 2.24) is 15.0 Å². The molecule has 3 heterocycles. The molecule has 0 unspecified atom stereocenters. The number of anilines is 1. The number of rotatable bonds is 4. The second-order valence-corrected chi connectivity index (χ2v) is 5.45. The third-order valence-corrected chi connectivity index (χ3v) is 3.66. The lowest BCUT2D eigenvalue weighted by atomic mass is 10.3. The average Bonchev–Trinajstić information content (AvgIpc) is 2.86. The molecular weight excluding hydrogens is 319 g/mol. The molecule has 0 aliphatic rings. The molecule has 0 bridgehead atoms. The molecule has 0 fully saturated rings. The lowest BCUT2D eigenvalue weighted by Gasteiger charge is -2.06. The third-order valence-electron chi connectivity index (χ3n) is 2.79. The van der Waals surface area contributed by atoms with Gasteiger partial charge in [0.25, 0.3) is 5.91 Å². The summed E-state index contributed by atoms with van der Waals surface area (Å²) in [5.74, 6) is 0.498. The van der Waals surface area contributed by atoms with Crippen molar-refractivity contribution in [2.75, 3.05) is 5.32 Å². The number of hydrogen-bond acceptors (Lipinski definition) is 6. The number of hydrogen-bond donors (Lipinski definition) is 1. The molecule has 0 atom stereocenters. The largest absolute Gasteiger partial charge is 0.456 e. The van der Waals surface area contributed by atoms with Gasteiger partial charge in [0.15, 0.2) is 5.13 Å². The molecule has 0 saturated heterocycles. The molecular formula is C15H11FN4O2S. The van der Waals surface area contributed by atoms with Crippen LogP contribution >= 0.6 is 11.3 Å². The number of aryl methyl sites for hydroxylation is 1. The third kappa shape index (κ3) is 3.67. The van der Waals surface area contributed by atoms with Crippen LogP contribution in [0.25, 0.3) is 0 Å². The molecule has 1 amide bonds. The number of ether oxygens (including phenoxy) is 1. The fourth-order valence-corrected chi connectivity index (χ4v) is 2.42. The second kappa shape index (κ2) is 6.49. The second-order valence-electron chi connectivity index (χ2n) is 4.50.